The molecule has 0 saturated carbocycles. The smallest absolute Gasteiger partial charge is 0.226 e. The van der Waals surface area contributed by atoms with Crippen LogP contribution in [0.15, 0.2) is 39.4 Å². The zero-order valence-electron chi connectivity index (χ0n) is 11.5. The number of halogens is 1. The van der Waals surface area contributed by atoms with E-state index in [1.165, 1.54) is 0 Å². The first-order chi connectivity index (χ1) is 9.72. The van der Waals surface area contributed by atoms with Crippen molar-refractivity contribution in [1.82, 2.24) is 15.2 Å². The van der Waals surface area contributed by atoms with E-state index in [4.69, 9.17) is 4.42 Å². The molecule has 0 spiro atoms. The molecular weight excluding hydrogens is 318 g/mol. The molecule has 3 rings (SSSR count). The minimum Gasteiger partial charge on any atom is -0.444 e. The van der Waals surface area contributed by atoms with Gasteiger partial charge in [0.25, 0.3) is 0 Å². The molecule has 0 unspecified atom stereocenters. The van der Waals surface area contributed by atoms with Gasteiger partial charge in [-0.2, -0.15) is 0 Å². The molecule has 4 nitrogen and oxygen atoms in total. The van der Waals surface area contributed by atoms with Crippen molar-refractivity contribution in [2.45, 2.75) is 19.5 Å². The lowest BCUT2D eigenvalue weighted by Crippen LogP contribution is -2.49. The van der Waals surface area contributed by atoms with E-state index in [1.807, 2.05) is 24.3 Å². The van der Waals surface area contributed by atoms with Crippen LogP contribution < -0.4 is 5.32 Å². The van der Waals surface area contributed by atoms with Gasteiger partial charge in [0.15, 0.2) is 0 Å². The standard InChI is InChI=1S/C15H18BrN3O/c1-11-8-17-6-7-19(11)9-14-10-20-15(18-14)12-2-4-13(16)5-3-12/h2-5,10-11,17H,6-9H2,1H3/t11-/m0/s1. The van der Waals surface area contributed by atoms with Gasteiger partial charge in [-0.05, 0) is 31.2 Å². The maximum absolute atomic E-state index is 5.60. The molecule has 0 bridgehead atoms. The Kier molecular flexibility index (Phi) is 4.19. The van der Waals surface area contributed by atoms with Crippen molar-refractivity contribution in [3.63, 3.8) is 0 Å². The average Bonchev–Trinajstić information content (AvgIpc) is 2.91. The molecule has 0 radical (unpaired) electrons. The highest BCUT2D eigenvalue weighted by atomic mass is 79.9. The number of piperazine rings is 1. The number of hydrogen-bond donors (Lipinski definition) is 1. The van der Waals surface area contributed by atoms with Crippen LogP contribution in [0.5, 0.6) is 0 Å². The molecule has 1 aliphatic heterocycles. The summed E-state index contributed by atoms with van der Waals surface area (Å²) in [6.45, 7) is 6.23. The predicted octanol–water partition coefficient (Wildman–Crippen LogP) is 2.90. The Morgan fingerprint density at radius 2 is 2.20 bits per heavy atom. The van der Waals surface area contributed by atoms with Crippen molar-refractivity contribution in [2.75, 3.05) is 19.6 Å². The summed E-state index contributed by atoms with van der Waals surface area (Å²) in [6, 6.07) is 8.55. The van der Waals surface area contributed by atoms with Crippen molar-refractivity contribution in [3.05, 3.63) is 40.7 Å². The normalized spacial score (nSPS) is 20.2. The van der Waals surface area contributed by atoms with Crippen LogP contribution in [0.3, 0.4) is 0 Å². The number of oxazole rings is 1. The Hall–Kier alpha value is -1.17. The highest BCUT2D eigenvalue weighted by Crippen LogP contribution is 2.22. The quantitative estimate of drug-likeness (QED) is 0.936. The lowest BCUT2D eigenvalue weighted by Gasteiger charge is -2.33. The van der Waals surface area contributed by atoms with Crippen molar-refractivity contribution in [3.8, 4) is 11.5 Å². The summed E-state index contributed by atoms with van der Waals surface area (Å²) in [7, 11) is 0. The number of hydrogen-bond acceptors (Lipinski definition) is 4. The van der Waals surface area contributed by atoms with Gasteiger partial charge < -0.3 is 9.73 Å². The van der Waals surface area contributed by atoms with Crippen molar-refractivity contribution in [1.29, 1.82) is 0 Å². The number of nitrogens with one attached hydrogen (secondary N) is 1. The Labute approximate surface area is 127 Å². The lowest BCUT2D eigenvalue weighted by molar-refractivity contribution is 0.163. The second kappa shape index (κ2) is 6.08. The molecule has 0 aliphatic carbocycles. The topological polar surface area (TPSA) is 41.3 Å². The molecule has 1 fully saturated rings. The molecule has 1 atom stereocenters. The first-order valence-corrected chi connectivity index (χ1v) is 7.67. The first-order valence-electron chi connectivity index (χ1n) is 6.87. The van der Waals surface area contributed by atoms with Crippen LogP contribution in [0.4, 0.5) is 0 Å². The average molecular weight is 336 g/mol. The van der Waals surface area contributed by atoms with Gasteiger partial charge in [-0.15, -0.1) is 0 Å². The van der Waals surface area contributed by atoms with Crippen LogP contribution in [0.1, 0.15) is 12.6 Å². The van der Waals surface area contributed by atoms with Crippen LogP contribution >= 0.6 is 15.9 Å². The van der Waals surface area contributed by atoms with Crippen LogP contribution in [0, 0.1) is 0 Å². The third-order valence-corrected chi connectivity index (χ3v) is 4.18. The van der Waals surface area contributed by atoms with Crippen LogP contribution in [0.2, 0.25) is 0 Å². The van der Waals surface area contributed by atoms with E-state index in [-0.39, 0.29) is 0 Å². The summed E-state index contributed by atoms with van der Waals surface area (Å²) in [4.78, 5) is 7.02. The van der Waals surface area contributed by atoms with Crippen molar-refractivity contribution in [2.24, 2.45) is 0 Å². The fourth-order valence-electron chi connectivity index (χ4n) is 2.43. The number of nitrogens with zero attached hydrogens (tertiary/aromatic N) is 2. The molecular formula is C15H18BrN3O. The molecule has 2 heterocycles. The highest BCUT2D eigenvalue weighted by Gasteiger charge is 2.19. The van der Waals surface area contributed by atoms with Gasteiger partial charge in [-0.3, -0.25) is 4.90 Å². The summed E-state index contributed by atoms with van der Waals surface area (Å²) in [5.41, 5.74) is 2.00. The zero-order chi connectivity index (χ0) is 13.9. The van der Waals surface area contributed by atoms with E-state index < -0.39 is 0 Å². The third kappa shape index (κ3) is 3.11. The van der Waals surface area contributed by atoms with E-state index in [2.05, 4.69) is 38.1 Å². The van der Waals surface area contributed by atoms with E-state index in [0.717, 1.165) is 41.9 Å². The minimum atomic E-state index is 0.539. The molecule has 1 saturated heterocycles. The van der Waals surface area contributed by atoms with Gasteiger partial charge in [-0.25, -0.2) is 4.98 Å². The molecule has 5 heteroatoms. The molecule has 0 amide bonds. The SMILES string of the molecule is C[C@H]1CNCCN1Cc1coc(-c2ccc(Br)cc2)n1. The maximum Gasteiger partial charge on any atom is 0.226 e. The van der Waals surface area contributed by atoms with E-state index >= 15 is 0 Å². The number of rotatable bonds is 3. The fourth-order valence-corrected chi connectivity index (χ4v) is 2.70. The molecule has 106 valence electrons. The fraction of sp³-hybridized carbons (Fsp3) is 0.400. The number of aromatic nitrogens is 1. The minimum absolute atomic E-state index is 0.539. The number of benzene rings is 1. The Balaban J connectivity index is 1.71. The van der Waals surface area contributed by atoms with Crippen LogP contribution in [-0.4, -0.2) is 35.6 Å². The van der Waals surface area contributed by atoms with Crippen LogP contribution in [0.25, 0.3) is 11.5 Å². The van der Waals surface area contributed by atoms with Gasteiger partial charge in [0.05, 0.1) is 5.69 Å². The highest BCUT2D eigenvalue weighted by molar-refractivity contribution is 9.10. The van der Waals surface area contributed by atoms with Crippen LogP contribution in [-0.2, 0) is 6.54 Å². The van der Waals surface area contributed by atoms with E-state index in [0.29, 0.717) is 11.9 Å². The Bertz CT molecular complexity index is 567. The largest absolute Gasteiger partial charge is 0.444 e. The van der Waals surface area contributed by atoms with Gasteiger partial charge in [0.1, 0.15) is 6.26 Å². The lowest BCUT2D eigenvalue weighted by atomic mass is 10.2. The molecule has 1 N–H and O–H groups in total. The predicted molar refractivity (Wildman–Crippen MR) is 82.4 cm³/mol. The third-order valence-electron chi connectivity index (χ3n) is 3.65. The van der Waals surface area contributed by atoms with E-state index in [9.17, 15) is 0 Å². The van der Waals surface area contributed by atoms with Gasteiger partial charge in [-0.1, -0.05) is 15.9 Å². The second-order valence-electron chi connectivity index (χ2n) is 5.17. The molecule has 2 aromatic rings. The molecule has 20 heavy (non-hydrogen) atoms. The summed E-state index contributed by atoms with van der Waals surface area (Å²) in [5.74, 6) is 0.690. The molecule has 1 aliphatic rings. The molecule has 1 aromatic heterocycles. The Morgan fingerprint density at radius 3 is 2.95 bits per heavy atom. The van der Waals surface area contributed by atoms with Gasteiger partial charge >= 0.3 is 0 Å². The monoisotopic (exact) mass is 335 g/mol. The first kappa shape index (κ1) is 13.8. The van der Waals surface area contributed by atoms with E-state index in [1.54, 1.807) is 6.26 Å². The molecule has 1 aromatic carbocycles. The summed E-state index contributed by atoms with van der Waals surface area (Å²) in [5, 5.41) is 3.40. The van der Waals surface area contributed by atoms with Gasteiger partial charge in [0.2, 0.25) is 5.89 Å². The Morgan fingerprint density at radius 1 is 1.40 bits per heavy atom. The summed E-state index contributed by atoms with van der Waals surface area (Å²) < 4.78 is 6.66. The van der Waals surface area contributed by atoms with Gasteiger partial charge in [0, 0.05) is 42.3 Å². The summed E-state index contributed by atoms with van der Waals surface area (Å²) in [6.07, 6.45) is 1.77. The summed E-state index contributed by atoms with van der Waals surface area (Å²) >= 11 is 3.43. The second-order valence-corrected chi connectivity index (χ2v) is 6.09. The van der Waals surface area contributed by atoms with Crippen molar-refractivity contribution >= 4 is 15.9 Å². The maximum atomic E-state index is 5.60. The zero-order valence-corrected chi connectivity index (χ0v) is 13.1. The van der Waals surface area contributed by atoms with Crippen molar-refractivity contribution < 1.29 is 4.42 Å².